The molecule has 0 fully saturated rings. The molecule has 0 bridgehead atoms. The largest absolute Gasteiger partial charge is 0.459 e. The van der Waals surface area contributed by atoms with E-state index in [2.05, 4.69) is 15.9 Å². The van der Waals surface area contributed by atoms with E-state index in [0.29, 0.717) is 21.0 Å². The Morgan fingerprint density at radius 3 is 2.94 bits per heavy atom. The van der Waals surface area contributed by atoms with Gasteiger partial charge in [-0.3, -0.25) is 4.79 Å². The van der Waals surface area contributed by atoms with Gasteiger partial charge in [0.1, 0.15) is 11.6 Å². The SMILES string of the molecule is O=c1c2c(oc3c(Br)cc(F)cc13)CCC2. The molecule has 3 rings (SSSR count). The lowest BCUT2D eigenvalue weighted by Gasteiger charge is -2.04. The predicted molar refractivity (Wildman–Crippen MR) is 62.2 cm³/mol. The molecule has 1 aromatic carbocycles. The van der Waals surface area contributed by atoms with Crippen molar-refractivity contribution in [2.75, 3.05) is 0 Å². The molecule has 0 saturated carbocycles. The lowest BCUT2D eigenvalue weighted by atomic mass is 10.1. The third kappa shape index (κ3) is 1.33. The third-order valence-corrected chi connectivity index (χ3v) is 3.51. The van der Waals surface area contributed by atoms with Crippen molar-refractivity contribution in [1.29, 1.82) is 0 Å². The van der Waals surface area contributed by atoms with Crippen LogP contribution in [-0.4, -0.2) is 0 Å². The second-order valence-corrected chi connectivity index (χ2v) is 4.81. The Hall–Kier alpha value is -1.16. The predicted octanol–water partition coefficient (Wildman–Crippen LogP) is 3.18. The Morgan fingerprint density at radius 1 is 1.31 bits per heavy atom. The van der Waals surface area contributed by atoms with Crippen LogP contribution in [0.25, 0.3) is 11.0 Å². The summed E-state index contributed by atoms with van der Waals surface area (Å²) in [6.07, 6.45) is 2.47. The quantitative estimate of drug-likeness (QED) is 0.743. The molecule has 0 spiro atoms. The smallest absolute Gasteiger partial charge is 0.196 e. The molecule has 2 nitrogen and oxygen atoms in total. The van der Waals surface area contributed by atoms with E-state index in [9.17, 15) is 9.18 Å². The fourth-order valence-electron chi connectivity index (χ4n) is 2.19. The van der Waals surface area contributed by atoms with Crippen molar-refractivity contribution in [3.05, 3.63) is 44.0 Å². The average Bonchev–Trinajstić information content (AvgIpc) is 2.68. The second-order valence-electron chi connectivity index (χ2n) is 3.95. The first-order valence-corrected chi connectivity index (χ1v) is 5.90. The summed E-state index contributed by atoms with van der Waals surface area (Å²) >= 11 is 3.22. The van der Waals surface area contributed by atoms with Crippen LogP contribution in [0.2, 0.25) is 0 Å². The molecule has 0 atom stereocenters. The van der Waals surface area contributed by atoms with Gasteiger partial charge < -0.3 is 4.42 Å². The molecule has 0 amide bonds. The molecule has 0 N–H and O–H groups in total. The molecule has 4 heteroatoms. The number of benzene rings is 1. The zero-order chi connectivity index (χ0) is 11.3. The first-order valence-electron chi connectivity index (χ1n) is 5.10. The van der Waals surface area contributed by atoms with Gasteiger partial charge in [0.25, 0.3) is 0 Å². The summed E-state index contributed by atoms with van der Waals surface area (Å²) < 4.78 is 19.4. The third-order valence-electron chi connectivity index (χ3n) is 2.92. The number of rotatable bonds is 0. The van der Waals surface area contributed by atoms with Gasteiger partial charge in [-0.15, -0.1) is 0 Å². The maximum atomic E-state index is 13.2. The van der Waals surface area contributed by atoms with Crippen LogP contribution in [0.4, 0.5) is 4.39 Å². The second kappa shape index (κ2) is 3.42. The number of hydrogen-bond acceptors (Lipinski definition) is 2. The van der Waals surface area contributed by atoms with Crippen molar-refractivity contribution in [3.8, 4) is 0 Å². The van der Waals surface area contributed by atoms with E-state index in [1.807, 2.05) is 0 Å². The Kier molecular flexibility index (Phi) is 2.14. The molecule has 82 valence electrons. The molecule has 0 saturated heterocycles. The van der Waals surface area contributed by atoms with Crippen LogP contribution in [0.1, 0.15) is 17.7 Å². The fraction of sp³-hybridized carbons (Fsp3) is 0.250. The highest BCUT2D eigenvalue weighted by molar-refractivity contribution is 9.10. The lowest BCUT2D eigenvalue weighted by molar-refractivity contribution is 0.542. The van der Waals surface area contributed by atoms with E-state index in [1.54, 1.807) is 0 Å². The number of hydrogen-bond donors (Lipinski definition) is 0. The van der Waals surface area contributed by atoms with E-state index in [-0.39, 0.29) is 5.43 Å². The van der Waals surface area contributed by atoms with Gasteiger partial charge in [-0.05, 0) is 40.9 Å². The van der Waals surface area contributed by atoms with Gasteiger partial charge in [0.15, 0.2) is 11.0 Å². The van der Waals surface area contributed by atoms with Gasteiger partial charge in [-0.1, -0.05) is 0 Å². The van der Waals surface area contributed by atoms with Crippen LogP contribution < -0.4 is 5.43 Å². The normalized spacial score (nSPS) is 14.4. The van der Waals surface area contributed by atoms with Crippen LogP contribution >= 0.6 is 15.9 Å². The minimum Gasteiger partial charge on any atom is -0.459 e. The van der Waals surface area contributed by atoms with Gasteiger partial charge in [0.2, 0.25) is 0 Å². The lowest BCUT2D eigenvalue weighted by Crippen LogP contribution is -2.08. The van der Waals surface area contributed by atoms with Crippen molar-refractivity contribution < 1.29 is 8.81 Å². The van der Waals surface area contributed by atoms with Gasteiger partial charge in [0, 0.05) is 12.0 Å². The Morgan fingerprint density at radius 2 is 2.12 bits per heavy atom. The molecule has 1 aliphatic carbocycles. The topological polar surface area (TPSA) is 30.2 Å². The van der Waals surface area contributed by atoms with E-state index < -0.39 is 5.82 Å². The molecule has 16 heavy (non-hydrogen) atoms. The molecular weight excluding hydrogens is 275 g/mol. The highest BCUT2D eigenvalue weighted by Crippen LogP contribution is 2.28. The van der Waals surface area contributed by atoms with E-state index in [4.69, 9.17) is 4.42 Å². The molecule has 1 aliphatic rings. The summed E-state index contributed by atoms with van der Waals surface area (Å²) in [6.45, 7) is 0. The average molecular weight is 283 g/mol. The minimum atomic E-state index is -0.426. The summed E-state index contributed by atoms with van der Waals surface area (Å²) in [7, 11) is 0. The molecule has 2 aromatic rings. The van der Waals surface area contributed by atoms with Crippen molar-refractivity contribution in [2.24, 2.45) is 0 Å². The molecule has 1 aromatic heterocycles. The highest BCUT2D eigenvalue weighted by atomic mass is 79.9. The molecular formula is C12H8BrFO2. The van der Waals surface area contributed by atoms with E-state index in [1.165, 1.54) is 12.1 Å². The van der Waals surface area contributed by atoms with Crippen molar-refractivity contribution in [1.82, 2.24) is 0 Å². The monoisotopic (exact) mass is 282 g/mol. The maximum Gasteiger partial charge on any atom is 0.196 e. The standard InChI is InChI=1S/C12H8BrFO2/c13-9-5-6(14)4-8-11(15)7-2-1-3-10(7)16-12(8)9/h4-5H,1-3H2. The van der Waals surface area contributed by atoms with Gasteiger partial charge in [-0.2, -0.15) is 0 Å². The van der Waals surface area contributed by atoms with Crippen LogP contribution in [0, 0.1) is 5.82 Å². The summed E-state index contributed by atoms with van der Waals surface area (Å²) in [4.78, 5) is 12.1. The maximum absolute atomic E-state index is 13.2. The van der Waals surface area contributed by atoms with Crippen LogP contribution in [0.15, 0.2) is 25.8 Å². The van der Waals surface area contributed by atoms with Crippen molar-refractivity contribution in [3.63, 3.8) is 0 Å². The first-order chi connectivity index (χ1) is 7.66. The van der Waals surface area contributed by atoms with Gasteiger partial charge >= 0.3 is 0 Å². The van der Waals surface area contributed by atoms with E-state index >= 15 is 0 Å². The Balaban J connectivity index is 2.51. The number of aryl methyl sites for hydroxylation is 1. The highest BCUT2D eigenvalue weighted by Gasteiger charge is 2.20. The summed E-state index contributed by atoms with van der Waals surface area (Å²) in [6, 6.07) is 2.55. The van der Waals surface area contributed by atoms with Crippen molar-refractivity contribution in [2.45, 2.75) is 19.3 Å². The minimum absolute atomic E-state index is 0.0889. The van der Waals surface area contributed by atoms with Crippen LogP contribution in [0.5, 0.6) is 0 Å². The van der Waals surface area contributed by atoms with Crippen molar-refractivity contribution >= 4 is 26.9 Å². The number of halogens is 2. The summed E-state index contributed by atoms with van der Waals surface area (Å²) in [5.74, 6) is 0.328. The first kappa shape index (κ1) is 10.0. The number of fused-ring (bicyclic) bond motifs is 2. The summed E-state index contributed by atoms with van der Waals surface area (Å²) in [5.41, 5.74) is 1.08. The van der Waals surface area contributed by atoms with Crippen LogP contribution in [-0.2, 0) is 12.8 Å². The van der Waals surface area contributed by atoms with Crippen LogP contribution in [0.3, 0.4) is 0 Å². The van der Waals surface area contributed by atoms with E-state index in [0.717, 1.165) is 25.0 Å². The van der Waals surface area contributed by atoms with Gasteiger partial charge in [0.05, 0.1) is 9.86 Å². The molecule has 1 heterocycles. The zero-order valence-corrected chi connectivity index (χ0v) is 9.93. The van der Waals surface area contributed by atoms with Gasteiger partial charge in [-0.25, -0.2) is 4.39 Å². The summed E-state index contributed by atoms with van der Waals surface area (Å²) in [5, 5.41) is 0.326. The molecule has 0 radical (unpaired) electrons. The Bertz CT molecular complexity index is 645. The molecule has 0 unspecified atom stereocenters. The molecule has 0 aliphatic heterocycles. The fourth-order valence-corrected chi connectivity index (χ4v) is 2.70. The zero-order valence-electron chi connectivity index (χ0n) is 8.35. The Labute approximate surface area is 99.2 Å².